The van der Waals surface area contributed by atoms with Crippen LogP contribution in [0.25, 0.3) is 5.65 Å². The van der Waals surface area contributed by atoms with Gasteiger partial charge in [0, 0.05) is 48.9 Å². The Balaban J connectivity index is 1.34. The van der Waals surface area contributed by atoms with Crippen LogP contribution in [-0.4, -0.2) is 50.3 Å². The summed E-state index contributed by atoms with van der Waals surface area (Å²) in [5, 5.41) is 13.7. The fourth-order valence-corrected chi connectivity index (χ4v) is 5.31. The van der Waals surface area contributed by atoms with Crippen LogP contribution in [0.2, 0.25) is 0 Å². The highest BCUT2D eigenvalue weighted by atomic mass is 32.1. The van der Waals surface area contributed by atoms with Crippen LogP contribution in [0.4, 0.5) is 0 Å². The molecule has 0 bridgehead atoms. The largest absolute Gasteiger partial charge is 0.477 e. The van der Waals surface area contributed by atoms with Gasteiger partial charge in [0.15, 0.2) is 5.65 Å². The first-order chi connectivity index (χ1) is 13.1. The Morgan fingerprint density at radius 1 is 1.37 bits per heavy atom. The van der Waals surface area contributed by atoms with Crippen LogP contribution in [0.5, 0.6) is 0 Å². The fraction of sp³-hybridized carbons (Fsp3) is 0.421. The third-order valence-electron chi connectivity index (χ3n) is 5.63. The zero-order valence-electron chi connectivity index (χ0n) is 14.8. The molecule has 27 heavy (non-hydrogen) atoms. The lowest BCUT2D eigenvalue weighted by Crippen LogP contribution is -2.45. The van der Waals surface area contributed by atoms with Crippen molar-refractivity contribution in [1.29, 1.82) is 0 Å². The number of aromatic carboxylic acids is 1. The molecule has 7 nitrogen and oxygen atoms in total. The summed E-state index contributed by atoms with van der Waals surface area (Å²) in [4.78, 5) is 19.8. The zero-order chi connectivity index (χ0) is 18.4. The van der Waals surface area contributed by atoms with E-state index in [1.807, 2.05) is 24.5 Å². The lowest BCUT2D eigenvalue weighted by molar-refractivity contribution is -0.0980. The second kappa shape index (κ2) is 6.40. The van der Waals surface area contributed by atoms with Crippen molar-refractivity contribution in [3.05, 3.63) is 51.6 Å². The van der Waals surface area contributed by atoms with Crippen LogP contribution in [-0.2, 0) is 23.3 Å². The van der Waals surface area contributed by atoms with E-state index in [0.29, 0.717) is 11.5 Å². The minimum atomic E-state index is -0.845. The van der Waals surface area contributed by atoms with E-state index in [4.69, 9.17) is 4.74 Å². The van der Waals surface area contributed by atoms with E-state index in [0.717, 1.165) is 55.7 Å². The lowest BCUT2D eigenvalue weighted by Gasteiger charge is -2.44. The van der Waals surface area contributed by atoms with Crippen molar-refractivity contribution in [3.8, 4) is 0 Å². The number of hydrogen-bond acceptors (Lipinski definition) is 6. The van der Waals surface area contributed by atoms with Crippen molar-refractivity contribution in [1.82, 2.24) is 19.5 Å². The summed E-state index contributed by atoms with van der Waals surface area (Å²) in [7, 11) is 0. The molecule has 0 atom stereocenters. The number of nitrogens with zero attached hydrogens (tertiary/aromatic N) is 4. The summed E-state index contributed by atoms with van der Waals surface area (Å²) in [6.45, 7) is 3.29. The normalized spacial score (nSPS) is 19.4. The highest BCUT2D eigenvalue weighted by Crippen LogP contribution is 2.44. The fourth-order valence-electron chi connectivity index (χ4n) is 4.24. The topological polar surface area (TPSA) is 80.0 Å². The van der Waals surface area contributed by atoms with Crippen molar-refractivity contribution < 1.29 is 14.6 Å². The molecule has 1 spiro atoms. The number of ether oxygens (including phenoxy) is 1. The molecule has 0 aliphatic carbocycles. The Labute approximate surface area is 160 Å². The van der Waals surface area contributed by atoms with Gasteiger partial charge in [0.25, 0.3) is 0 Å². The van der Waals surface area contributed by atoms with Gasteiger partial charge in [-0.3, -0.25) is 4.90 Å². The maximum absolute atomic E-state index is 11.4. The maximum atomic E-state index is 11.4. The molecule has 1 saturated heterocycles. The molecule has 5 heterocycles. The van der Waals surface area contributed by atoms with Crippen molar-refractivity contribution in [2.24, 2.45) is 0 Å². The van der Waals surface area contributed by atoms with E-state index in [1.165, 1.54) is 16.2 Å². The molecule has 3 aromatic rings. The Morgan fingerprint density at radius 3 is 3.04 bits per heavy atom. The van der Waals surface area contributed by atoms with E-state index in [1.54, 1.807) is 10.7 Å². The standard InChI is InChI=1S/C19H20N4O3S/c24-18(25)16-10-14-15(27-16)2-9-26-19(14)3-7-22(8-4-19)12-13-11-21-23-6-1-5-20-17(13)23/h1,5-6,10-11H,2-4,7-9,12H2,(H,24,25). The zero-order valence-corrected chi connectivity index (χ0v) is 15.6. The third kappa shape index (κ3) is 2.84. The van der Waals surface area contributed by atoms with E-state index >= 15 is 0 Å². The van der Waals surface area contributed by atoms with Gasteiger partial charge in [-0.25, -0.2) is 14.3 Å². The maximum Gasteiger partial charge on any atom is 0.345 e. The van der Waals surface area contributed by atoms with Crippen LogP contribution in [0.3, 0.4) is 0 Å². The predicted molar refractivity (Wildman–Crippen MR) is 100 cm³/mol. The molecule has 8 heteroatoms. The van der Waals surface area contributed by atoms with Crippen molar-refractivity contribution in [3.63, 3.8) is 0 Å². The molecule has 2 aliphatic heterocycles. The van der Waals surface area contributed by atoms with Crippen molar-refractivity contribution in [2.75, 3.05) is 19.7 Å². The molecular formula is C19H20N4O3S. The van der Waals surface area contributed by atoms with Gasteiger partial charge >= 0.3 is 5.97 Å². The predicted octanol–water partition coefficient (Wildman–Crippen LogP) is 2.55. The van der Waals surface area contributed by atoms with Gasteiger partial charge in [0.05, 0.1) is 18.4 Å². The van der Waals surface area contributed by atoms with Crippen LogP contribution in [0, 0.1) is 0 Å². The van der Waals surface area contributed by atoms with Crippen LogP contribution >= 0.6 is 11.3 Å². The molecule has 0 unspecified atom stereocenters. The van der Waals surface area contributed by atoms with E-state index < -0.39 is 5.97 Å². The van der Waals surface area contributed by atoms with Gasteiger partial charge < -0.3 is 9.84 Å². The second-order valence-corrected chi connectivity index (χ2v) is 8.32. The average Bonchev–Trinajstić information content (AvgIpc) is 3.30. The average molecular weight is 384 g/mol. The van der Waals surface area contributed by atoms with E-state index in [-0.39, 0.29) is 5.60 Å². The molecule has 0 aromatic carbocycles. The molecule has 2 aliphatic rings. The molecule has 0 radical (unpaired) electrons. The molecule has 140 valence electrons. The Morgan fingerprint density at radius 2 is 2.22 bits per heavy atom. The smallest absolute Gasteiger partial charge is 0.345 e. The Hall–Kier alpha value is -2.29. The first-order valence-electron chi connectivity index (χ1n) is 9.15. The van der Waals surface area contributed by atoms with Crippen molar-refractivity contribution >= 4 is 23.0 Å². The van der Waals surface area contributed by atoms with Gasteiger partial charge in [-0.1, -0.05) is 0 Å². The first-order valence-corrected chi connectivity index (χ1v) is 9.96. The summed E-state index contributed by atoms with van der Waals surface area (Å²) < 4.78 is 8.04. The van der Waals surface area contributed by atoms with Crippen LogP contribution in [0.1, 0.15) is 38.5 Å². The summed E-state index contributed by atoms with van der Waals surface area (Å²) in [5.41, 5.74) is 2.81. The molecule has 0 saturated carbocycles. The summed E-state index contributed by atoms with van der Waals surface area (Å²) in [5.74, 6) is -0.845. The highest BCUT2D eigenvalue weighted by Gasteiger charge is 2.42. The quantitative estimate of drug-likeness (QED) is 0.748. The van der Waals surface area contributed by atoms with Crippen LogP contribution in [0.15, 0.2) is 30.7 Å². The number of hydrogen-bond donors (Lipinski definition) is 1. The van der Waals surface area contributed by atoms with E-state index in [2.05, 4.69) is 15.0 Å². The summed E-state index contributed by atoms with van der Waals surface area (Å²) in [6, 6.07) is 3.71. The highest BCUT2D eigenvalue weighted by molar-refractivity contribution is 7.14. The number of aromatic nitrogens is 3. The third-order valence-corrected chi connectivity index (χ3v) is 6.81. The number of rotatable bonds is 3. The molecule has 1 N–H and O–H groups in total. The number of piperidine rings is 1. The molecular weight excluding hydrogens is 364 g/mol. The number of carboxylic acids is 1. The van der Waals surface area contributed by atoms with Gasteiger partial charge in [0.2, 0.25) is 0 Å². The second-order valence-electron chi connectivity index (χ2n) is 7.18. The monoisotopic (exact) mass is 384 g/mol. The van der Waals surface area contributed by atoms with Crippen LogP contribution < -0.4 is 0 Å². The van der Waals surface area contributed by atoms with Crippen molar-refractivity contribution in [2.45, 2.75) is 31.4 Å². The van der Waals surface area contributed by atoms with Gasteiger partial charge in [-0.05, 0) is 30.5 Å². The molecule has 3 aromatic heterocycles. The number of thiophene rings is 1. The van der Waals surface area contributed by atoms with Gasteiger partial charge in [-0.15, -0.1) is 11.3 Å². The molecule has 0 amide bonds. The van der Waals surface area contributed by atoms with E-state index in [9.17, 15) is 9.90 Å². The minimum absolute atomic E-state index is 0.326. The number of carboxylic acid groups (broad SMARTS) is 1. The minimum Gasteiger partial charge on any atom is -0.477 e. The SMILES string of the molecule is O=C(O)c1cc2c(s1)CCOC21CCN(Cc2cnn3cccnc23)CC1. The van der Waals surface area contributed by atoms with Gasteiger partial charge in [0.1, 0.15) is 4.88 Å². The Bertz CT molecular complexity index is 1000. The first kappa shape index (κ1) is 16.9. The lowest BCUT2D eigenvalue weighted by atomic mass is 9.82. The molecule has 1 fully saturated rings. The van der Waals surface area contributed by atoms with Gasteiger partial charge in [-0.2, -0.15) is 5.10 Å². The summed E-state index contributed by atoms with van der Waals surface area (Å²) in [6.07, 6.45) is 8.16. The Kier molecular flexibility index (Phi) is 3.99. The number of carbonyl (C=O) groups is 1. The molecule has 5 rings (SSSR count). The number of likely N-dealkylation sites (tertiary alicyclic amines) is 1. The number of fused-ring (bicyclic) bond motifs is 3. The summed E-state index contributed by atoms with van der Waals surface area (Å²) >= 11 is 1.40.